The molecule has 1 saturated heterocycles. The maximum Gasteiger partial charge on any atom is 0.268 e. The van der Waals surface area contributed by atoms with Crippen LogP contribution in [0.3, 0.4) is 0 Å². The summed E-state index contributed by atoms with van der Waals surface area (Å²) in [6.07, 6.45) is 2.13. The van der Waals surface area contributed by atoms with Crippen molar-refractivity contribution in [3.05, 3.63) is 59.8 Å². The van der Waals surface area contributed by atoms with Crippen LogP contribution >= 0.6 is 0 Å². The molecular weight excluding hydrogens is 310 g/mol. The van der Waals surface area contributed by atoms with Crippen molar-refractivity contribution in [3.8, 4) is 11.1 Å². The number of benzene rings is 2. The third-order valence-corrected chi connectivity index (χ3v) is 4.96. The molecule has 0 bridgehead atoms. The van der Waals surface area contributed by atoms with Gasteiger partial charge in [-0.1, -0.05) is 48.5 Å². The Kier molecular flexibility index (Phi) is 4.28. The third kappa shape index (κ3) is 3.05. The summed E-state index contributed by atoms with van der Waals surface area (Å²) < 4.78 is 0. The van der Waals surface area contributed by atoms with Gasteiger partial charge in [0.15, 0.2) is 0 Å². The van der Waals surface area contributed by atoms with Crippen LogP contribution in [-0.4, -0.2) is 30.0 Å². The van der Waals surface area contributed by atoms with E-state index >= 15 is 0 Å². The SMILES string of the molecule is Cc1cccc2c(-c3ccccc3)c(C(=O)NC3CCCNC3)[nH]c12. The Morgan fingerprint density at radius 1 is 1.12 bits per heavy atom. The second kappa shape index (κ2) is 6.73. The van der Waals surface area contributed by atoms with E-state index in [1.165, 1.54) is 0 Å². The molecule has 128 valence electrons. The molecule has 25 heavy (non-hydrogen) atoms. The molecule has 4 nitrogen and oxygen atoms in total. The molecule has 4 heteroatoms. The molecule has 4 rings (SSSR count). The number of hydrogen-bond donors (Lipinski definition) is 3. The van der Waals surface area contributed by atoms with Crippen molar-refractivity contribution in [2.75, 3.05) is 13.1 Å². The predicted molar refractivity (Wildman–Crippen MR) is 102 cm³/mol. The molecule has 1 atom stereocenters. The van der Waals surface area contributed by atoms with Crippen LogP contribution in [0.5, 0.6) is 0 Å². The van der Waals surface area contributed by atoms with E-state index in [2.05, 4.69) is 46.8 Å². The number of H-pyrrole nitrogens is 1. The van der Waals surface area contributed by atoms with Crippen LogP contribution in [0, 0.1) is 6.92 Å². The molecule has 0 spiro atoms. The van der Waals surface area contributed by atoms with E-state index in [0.717, 1.165) is 53.5 Å². The van der Waals surface area contributed by atoms with Gasteiger partial charge in [0.25, 0.3) is 5.91 Å². The minimum atomic E-state index is -0.0249. The van der Waals surface area contributed by atoms with E-state index in [-0.39, 0.29) is 11.9 Å². The zero-order valence-electron chi connectivity index (χ0n) is 14.4. The quantitative estimate of drug-likeness (QED) is 0.685. The van der Waals surface area contributed by atoms with Gasteiger partial charge in [-0.2, -0.15) is 0 Å². The summed E-state index contributed by atoms with van der Waals surface area (Å²) in [6.45, 7) is 3.94. The highest BCUT2D eigenvalue weighted by atomic mass is 16.2. The minimum Gasteiger partial charge on any atom is -0.350 e. The Labute approximate surface area is 147 Å². The van der Waals surface area contributed by atoms with E-state index < -0.39 is 0 Å². The first-order valence-corrected chi connectivity index (χ1v) is 8.92. The summed E-state index contributed by atoms with van der Waals surface area (Å²) in [7, 11) is 0. The van der Waals surface area contributed by atoms with Crippen molar-refractivity contribution in [3.63, 3.8) is 0 Å². The van der Waals surface area contributed by atoms with E-state index in [1.54, 1.807) is 0 Å². The molecule has 1 fully saturated rings. The van der Waals surface area contributed by atoms with Crippen molar-refractivity contribution in [2.24, 2.45) is 0 Å². The lowest BCUT2D eigenvalue weighted by Crippen LogP contribution is -2.45. The van der Waals surface area contributed by atoms with Gasteiger partial charge >= 0.3 is 0 Å². The highest BCUT2D eigenvalue weighted by Gasteiger charge is 2.22. The number of aromatic nitrogens is 1. The van der Waals surface area contributed by atoms with Gasteiger partial charge in [0.1, 0.15) is 5.69 Å². The van der Waals surface area contributed by atoms with Crippen LogP contribution in [0.25, 0.3) is 22.0 Å². The lowest BCUT2D eigenvalue weighted by atomic mass is 10.00. The monoisotopic (exact) mass is 333 g/mol. The first-order valence-electron chi connectivity index (χ1n) is 8.92. The second-order valence-corrected chi connectivity index (χ2v) is 6.76. The zero-order valence-corrected chi connectivity index (χ0v) is 14.4. The molecule has 1 amide bonds. The lowest BCUT2D eigenvalue weighted by Gasteiger charge is -2.23. The average molecular weight is 333 g/mol. The zero-order chi connectivity index (χ0) is 17.2. The number of aromatic amines is 1. The van der Waals surface area contributed by atoms with Crippen LogP contribution in [0.2, 0.25) is 0 Å². The van der Waals surface area contributed by atoms with Crippen LogP contribution < -0.4 is 10.6 Å². The maximum atomic E-state index is 13.0. The molecular formula is C21H23N3O. The standard InChI is InChI=1S/C21H23N3O/c1-14-7-5-11-17-18(15-8-3-2-4-9-15)20(24-19(14)17)21(25)23-16-10-6-12-22-13-16/h2-5,7-9,11,16,22,24H,6,10,12-13H2,1H3,(H,23,25). The third-order valence-electron chi connectivity index (χ3n) is 4.96. The number of para-hydroxylation sites is 1. The van der Waals surface area contributed by atoms with Crippen LogP contribution in [0.15, 0.2) is 48.5 Å². The number of aryl methyl sites for hydroxylation is 1. The van der Waals surface area contributed by atoms with Gasteiger partial charge in [0.2, 0.25) is 0 Å². The molecule has 0 aliphatic carbocycles. The van der Waals surface area contributed by atoms with Gasteiger partial charge < -0.3 is 15.6 Å². The molecule has 2 aromatic carbocycles. The van der Waals surface area contributed by atoms with Crippen LogP contribution in [-0.2, 0) is 0 Å². The Balaban J connectivity index is 1.79. The maximum absolute atomic E-state index is 13.0. The Morgan fingerprint density at radius 2 is 1.96 bits per heavy atom. The van der Waals surface area contributed by atoms with Gasteiger partial charge in [-0.3, -0.25) is 4.79 Å². The van der Waals surface area contributed by atoms with Gasteiger partial charge in [0, 0.05) is 29.1 Å². The number of hydrogen-bond acceptors (Lipinski definition) is 2. The molecule has 3 aromatic rings. The molecule has 1 aliphatic rings. The van der Waals surface area contributed by atoms with Crippen molar-refractivity contribution < 1.29 is 4.79 Å². The molecule has 2 heterocycles. The molecule has 1 unspecified atom stereocenters. The van der Waals surface area contributed by atoms with Crippen molar-refractivity contribution in [1.82, 2.24) is 15.6 Å². The number of carbonyl (C=O) groups excluding carboxylic acids is 1. The summed E-state index contributed by atoms with van der Waals surface area (Å²) in [5, 5.41) is 7.64. The molecule has 1 aliphatic heterocycles. The average Bonchev–Trinajstić information content (AvgIpc) is 3.04. The number of nitrogens with one attached hydrogen (secondary N) is 3. The number of rotatable bonds is 3. The van der Waals surface area contributed by atoms with E-state index in [4.69, 9.17) is 0 Å². The van der Waals surface area contributed by atoms with Crippen LogP contribution in [0.4, 0.5) is 0 Å². The summed E-state index contributed by atoms with van der Waals surface area (Å²) in [5.41, 5.74) is 4.88. The van der Waals surface area contributed by atoms with Gasteiger partial charge in [-0.25, -0.2) is 0 Å². The van der Waals surface area contributed by atoms with Crippen molar-refractivity contribution in [1.29, 1.82) is 0 Å². The minimum absolute atomic E-state index is 0.0249. The fraction of sp³-hybridized carbons (Fsp3) is 0.286. The Bertz CT molecular complexity index is 892. The summed E-state index contributed by atoms with van der Waals surface area (Å²) in [4.78, 5) is 16.4. The molecule has 0 saturated carbocycles. The first-order chi connectivity index (χ1) is 12.2. The summed E-state index contributed by atoms with van der Waals surface area (Å²) in [6, 6.07) is 16.5. The van der Waals surface area contributed by atoms with Crippen molar-refractivity contribution >= 4 is 16.8 Å². The molecule has 0 radical (unpaired) electrons. The summed E-state index contributed by atoms with van der Waals surface area (Å²) >= 11 is 0. The Hall–Kier alpha value is -2.59. The van der Waals surface area contributed by atoms with Gasteiger partial charge in [0.05, 0.1) is 0 Å². The predicted octanol–water partition coefficient (Wildman–Crippen LogP) is 3.63. The lowest BCUT2D eigenvalue weighted by molar-refractivity contribution is 0.0927. The molecule has 3 N–H and O–H groups in total. The highest BCUT2D eigenvalue weighted by molar-refractivity contribution is 6.10. The molecule has 1 aromatic heterocycles. The van der Waals surface area contributed by atoms with E-state index in [9.17, 15) is 4.79 Å². The van der Waals surface area contributed by atoms with Crippen LogP contribution in [0.1, 0.15) is 28.9 Å². The normalized spacial score (nSPS) is 17.6. The number of piperidine rings is 1. The number of amides is 1. The fourth-order valence-corrected chi connectivity index (χ4v) is 3.67. The number of fused-ring (bicyclic) bond motifs is 1. The topological polar surface area (TPSA) is 56.9 Å². The smallest absolute Gasteiger partial charge is 0.268 e. The van der Waals surface area contributed by atoms with E-state index in [1.807, 2.05) is 24.3 Å². The number of carbonyl (C=O) groups is 1. The van der Waals surface area contributed by atoms with Gasteiger partial charge in [-0.15, -0.1) is 0 Å². The Morgan fingerprint density at radius 3 is 2.72 bits per heavy atom. The van der Waals surface area contributed by atoms with Gasteiger partial charge in [-0.05, 0) is 37.4 Å². The second-order valence-electron chi connectivity index (χ2n) is 6.76. The summed E-state index contributed by atoms with van der Waals surface area (Å²) in [5.74, 6) is -0.0249. The van der Waals surface area contributed by atoms with Crippen molar-refractivity contribution in [2.45, 2.75) is 25.8 Å². The largest absolute Gasteiger partial charge is 0.350 e. The highest BCUT2D eigenvalue weighted by Crippen LogP contribution is 2.33. The van der Waals surface area contributed by atoms with E-state index in [0.29, 0.717) is 5.69 Å². The fourth-order valence-electron chi connectivity index (χ4n) is 3.67. The first kappa shape index (κ1) is 15.9.